The van der Waals surface area contributed by atoms with Gasteiger partial charge >= 0.3 is 0 Å². The number of benzene rings is 6. The van der Waals surface area contributed by atoms with Crippen LogP contribution >= 0.6 is 0 Å². The van der Waals surface area contributed by atoms with Crippen LogP contribution in [0.5, 0.6) is 34.5 Å². The lowest BCUT2D eigenvalue weighted by Crippen LogP contribution is -2.04. The van der Waals surface area contributed by atoms with Crippen molar-refractivity contribution in [2.45, 2.75) is 46.6 Å². The molecule has 0 amide bonds. The van der Waals surface area contributed by atoms with Crippen molar-refractivity contribution in [2.75, 3.05) is 42.7 Å². The lowest BCUT2D eigenvalue weighted by atomic mass is 9.91. The zero-order valence-corrected chi connectivity index (χ0v) is 32.6. The van der Waals surface area contributed by atoms with Crippen molar-refractivity contribution in [3.05, 3.63) is 143 Å². The Morgan fingerprint density at radius 2 is 0.948 bits per heavy atom. The first kappa shape index (κ1) is 42.9. The highest BCUT2D eigenvalue weighted by Crippen LogP contribution is 2.48. The van der Waals surface area contributed by atoms with Crippen LogP contribution in [0.3, 0.4) is 0 Å². The molecule has 2 aliphatic carbocycles. The second kappa shape index (κ2) is 18.8. The van der Waals surface area contributed by atoms with Gasteiger partial charge in [0.25, 0.3) is 0 Å². The number of aliphatic hydroxyl groups is 1. The third-order valence-electron chi connectivity index (χ3n) is 10.5. The summed E-state index contributed by atoms with van der Waals surface area (Å²) in [6, 6.07) is 33.0. The maximum atomic E-state index is 12.5. The Bertz CT molecular complexity index is 2490. The van der Waals surface area contributed by atoms with Crippen molar-refractivity contribution in [1.29, 1.82) is 0 Å². The zero-order valence-electron chi connectivity index (χ0n) is 32.6. The molecule has 302 valence electrons. The smallest absolute Gasteiger partial charge is 0.203 e. The molecule has 0 aromatic heterocycles. The molecule has 8 nitrogen and oxygen atoms in total. The van der Waals surface area contributed by atoms with Crippen LogP contribution in [0, 0.1) is 0 Å². The largest absolute Gasteiger partial charge is 0.493 e. The van der Waals surface area contributed by atoms with E-state index in [1.807, 2.05) is 42.5 Å². The molecule has 0 heterocycles. The van der Waals surface area contributed by atoms with E-state index < -0.39 is 6.10 Å². The van der Waals surface area contributed by atoms with Crippen LogP contribution in [0.15, 0.2) is 109 Å². The Balaban J connectivity index is 0.000000214. The quantitative estimate of drug-likeness (QED) is 0.163. The van der Waals surface area contributed by atoms with E-state index in [1.54, 1.807) is 48.7 Å². The summed E-state index contributed by atoms with van der Waals surface area (Å²) in [6.45, 7) is 0. The second-order valence-corrected chi connectivity index (χ2v) is 13.7. The monoisotopic (exact) mass is 782 g/mol. The highest BCUT2D eigenvalue weighted by molar-refractivity contribution is 6.04. The summed E-state index contributed by atoms with van der Waals surface area (Å²) in [4.78, 5) is 12.5. The average molecular weight is 783 g/mol. The summed E-state index contributed by atoms with van der Waals surface area (Å²) in [6.07, 6.45) is 5.46. The summed E-state index contributed by atoms with van der Waals surface area (Å²) in [5.74, 6) is 3.71. The van der Waals surface area contributed by atoms with E-state index in [9.17, 15) is 9.90 Å². The number of aliphatic hydroxyl groups excluding tert-OH is 1. The second-order valence-electron chi connectivity index (χ2n) is 13.7. The molecule has 2 aliphatic rings. The fraction of sp³-hybridized carbons (Fsp3) is 0.260. The lowest BCUT2D eigenvalue weighted by molar-refractivity contribution is -0.114. The number of ketones is 1. The Morgan fingerprint density at radius 3 is 1.43 bits per heavy atom. The van der Waals surface area contributed by atoms with Gasteiger partial charge in [0.15, 0.2) is 28.8 Å². The standard InChI is InChI=1S/C24H24O4.C24H22O4.2CH4/c2*1-26-22-14-21-19(23(27-2)24(22)28-3)11-10-18(25)13-20(21)17-9-8-15-6-4-5-7-16(15)12-17;;/h4-9,12-14,18,25H,10-11H2,1-3H3;4-9,12-14H,10-11H2,1-3H3;2*1H4. The van der Waals surface area contributed by atoms with Gasteiger partial charge in [0.1, 0.15) is 0 Å². The number of allylic oxidation sites excluding steroid dienone is 1. The van der Waals surface area contributed by atoms with E-state index in [0.29, 0.717) is 60.2 Å². The van der Waals surface area contributed by atoms with Gasteiger partial charge in [-0.1, -0.05) is 87.6 Å². The molecule has 1 unspecified atom stereocenters. The fourth-order valence-electron chi connectivity index (χ4n) is 7.83. The Labute approximate surface area is 342 Å². The number of fused-ring (bicyclic) bond motifs is 4. The third-order valence-corrected chi connectivity index (χ3v) is 10.5. The third kappa shape index (κ3) is 8.25. The predicted molar refractivity (Wildman–Crippen MR) is 235 cm³/mol. The van der Waals surface area contributed by atoms with E-state index in [4.69, 9.17) is 28.4 Å². The summed E-state index contributed by atoms with van der Waals surface area (Å²) in [7, 11) is 9.68. The summed E-state index contributed by atoms with van der Waals surface area (Å²) in [5.41, 5.74) is 7.82. The molecule has 8 heteroatoms. The minimum absolute atomic E-state index is 0. The predicted octanol–water partition coefficient (Wildman–Crippen LogP) is 10.7. The van der Waals surface area contributed by atoms with Crippen molar-refractivity contribution in [1.82, 2.24) is 0 Å². The van der Waals surface area contributed by atoms with Crippen LogP contribution in [0.25, 0.3) is 32.7 Å². The molecule has 1 N–H and O–H groups in total. The number of carbonyl (C=O) groups excluding carboxylic acids is 1. The van der Waals surface area contributed by atoms with E-state index in [0.717, 1.165) is 60.7 Å². The van der Waals surface area contributed by atoms with E-state index >= 15 is 0 Å². The Morgan fingerprint density at radius 1 is 0.500 bits per heavy atom. The van der Waals surface area contributed by atoms with Gasteiger partial charge in [0.05, 0.1) is 48.8 Å². The molecule has 0 radical (unpaired) electrons. The van der Waals surface area contributed by atoms with Gasteiger partial charge in [-0.05, 0) is 111 Å². The first-order valence-corrected chi connectivity index (χ1v) is 18.6. The van der Waals surface area contributed by atoms with Crippen molar-refractivity contribution >= 4 is 38.5 Å². The molecule has 8 rings (SSSR count). The number of hydrogen-bond donors (Lipinski definition) is 1. The summed E-state index contributed by atoms with van der Waals surface area (Å²) in [5, 5.41) is 15.2. The van der Waals surface area contributed by atoms with Crippen LogP contribution in [0.4, 0.5) is 0 Å². The first-order valence-electron chi connectivity index (χ1n) is 18.6. The molecule has 58 heavy (non-hydrogen) atoms. The number of methoxy groups -OCH3 is 6. The molecule has 6 aromatic carbocycles. The highest BCUT2D eigenvalue weighted by Gasteiger charge is 2.27. The number of carbonyl (C=O) groups is 1. The molecule has 0 fully saturated rings. The van der Waals surface area contributed by atoms with Gasteiger partial charge in [-0.25, -0.2) is 0 Å². The maximum Gasteiger partial charge on any atom is 0.203 e. The van der Waals surface area contributed by atoms with Gasteiger partial charge < -0.3 is 33.5 Å². The van der Waals surface area contributed by atoms with Crippen LogP contribution in [0.2, 0.25) is 0 Å². The van der Waals surface area contributed by atoms with Gasteiger partial charge in [-0.2, -0.15) is 0 Å². The minimum atomic E-state index is -0.532. The summed E-state index contributed by atoms with van der Waals surface area (Å²) >= 11 is 0. The van der Waals surface area contributed by atoms with E-state index in [1.165, 1.54) is 5.39 Å². The zero-order chi connectivity index (χ0) is 39.3. The highest BCUT2D eigenvalue weighted by atomic mass is 16.5. The summed E-state index contributed by atoms with van der Waals surface area (Å²) < 4.78 is 33.6. The van der Waals surface area contributed by atoms with Crippen LogP contribution < -0.4 is 28.4 Å². The molecule has 1 atom stereocenters. The van der Waals surface area contributed by atoms with E-state index in [2.05, 4.69) is 60.7 Å². The van der Waals surface area contributed by atoms with Crippen LogP contribution in [-0.4, -0.2) is 59.7 Å². The topological polar surface area (TPSA) is 92.7 Å². The van der Waals surface area contributed by atoms with Gasteiger partial charge in [-0.3, -0.25) is 4.79 Å². The molecule has 0 bridgehead atoms. The number of hydrogen-bond acceptors (Lipinski definition) is 8. The van der Waals surface area contributed by atoms with Gasteiger partial charge in [-0.15, -0.1) is 0 Å². The fourth-order valence-corrected chi connectivity index (χ4v) is 7.83. The first-order chi connectivity index (χ1) is 27.3. The number of rotatable bonds is 8. The van der Waals surface area contributed by atoms with Crippen molar-refractivity contribution in [3.8, 4) is 34.5 Å². The Hall–Kier alpha value is -6.25. The molecule has 0 saturated carbocycles. The van der Waals surface area contributed by atoms with Crippen molar-refractivity contribution in [3.63, 3.8) is 0 Å². The van der Waals surface area contributed by atoms with Gasteiger partial charge in [0, 0.05) is 17.5 Å². The van der Waals surface area contributed by atoms with Crippen LogP contribution in [-0.2, 0) is 17.6 Å². The maximum absolute atomic E-state index is 12.5. The average Bonchev–Trinajstić information content (AvgIpc) is 3.52. The molecular weight excluding hydrogens is 729 g/mol. The van der Waals surface area contributed by atoms with Crippen molar-refractivity contribution < 1.29 is 38.3 Å². The molecule has 0 saturated heterocycles. The molecule has 6 aromatic rings. The molecule has 0 aliphatic heterocycles. The Kier molecular flexibility index (Phi) is 13.9. The molecule has 0 spiro atoms. The van der Waals surface area contributed by atoms with Gasteiger partial charge in [0.2, 0.25) is 11.5 Å². The minimum Gasteiger partial charge on any atom is -0.493 e. The SMILES string of the molecule is C.C.COc1cc2c(c(OC)c1OC)CCC(=O)C=C2c1ccc2ccccc2c1.COc1cc2c(c(OC)c1OC)CCC(O)C=C2c1ccc2ccccc2c1. The molecular formula is C50H54O8. The van der Waals surface area contributed by atoms with E-state index in [-0.39, 0.29) is 20.6 Å². The van der Waals surface area contributed by atoms with Crippen LogP contribution in [0.1, 0.15) is 61.1 Å². The number of ether oxygens (including phenoxy) is 6. The lowest BCUT2D eigenvalue weighted by Gasteiger charge is -2.20. The van der Waals surface area contributed by atoms with Crippen molar-refractivity contribution in [2.24, 2.45) is 0 Å². The normalized spacial score (nSPS) is 14.3.